The number of hydrogen-bond acceptors (Lipinski definition) is 4. The molecule has 6 nitrogen and oxygen atoms in total. The first-order valence-electron chi connectivity index (χ1n) is 7.25. The molecule has 0 aliphatic carbocycles. The molecule has 0 bridgehead atoms. The van der Waals surface area contributed by atoms with Crippen LogP contribution >= 0.6 is 22.6 Å². The van der Waals surface area contributed by atoms with E-state index in [1.165, 1.54) is 0 Å². The lowest BCUT2D eigenvalue weighted by molar-refractivity contribution is 0.0950. The van der Waals surface area contributed by atoms with Crippen LogP contribution in [0.2, 0.25) is 0 Å². The largest absolute Gasteiger partial charge is 0.497 e. The maximum Gasteiger partial charge on any atom is 0.251 e. The summed E-state index contributed by atoms with van der Waals surface area (Å²) >= 11 is 2.20. The van der Waals surface area contributed by atoms with Crippen LogP contribution in [-0.4, -0.2) is 28.2 Å². The molecule has 7 heteroatoms. The van der Waals surface area contributed by atoms with Crippen LogP contribution in [0.5, 0.6) is 5.75 Å². The second-order valence-corrected chi connectivity index (χ2v) is 6.27. The summed E-state index contributed by atoms with van der Waals surface area (Å²) in [6, 6.07) is 14.8. The van der Waals surface area contributed by atoms with Gasteiger partial charge >= 0.3 is 0 Å². The molecule has 0 atom stereocenters. The summed E-state index contributed by atoms with van der Waals surface area (Å²) in [5, 5.41) is 9.84. The summed E-state index contributed by atoms with van der Waals surface area (Å²) in [6.07, 6.45) is 0. The van der Waals surface area contributed by atoms with Gasteiger partial charge in [-0.05, 0) is 71.1 Å². The van der Waals surface area contributed by atoms with Crippen molar-refractivity contribution >= 4 is 28.5 Å². The first kappa shape index (κ1) is 16.4. The minimum Gasteiger partial charge on any atom is -0.497 e. The third kappa shape index (κ3) is 3.91. The van der Waals surface area contributed by atoms with E-state index in [4.69, 9.17) is 4.74 Å². The average Bonchev–Trinajstić information content (AvgIpc) is 3.09. The number of carbonyl (C=O) groups is 1. The first-order chi connectivity index (χ1) is 11.7. The zero-order valence-electron chi connectivity index (χ0n) is 12.9. The Morgan fingerprint density at radius 1 is 1.17 bits per heavy atom. The molecule has 0 radical (unpaired) electrons. The molecule has 3 aromatic rings. The van der Waals surface area contributed by atoms with Crippen LogP contribution in [0, 0.1) is 3.57 Å². The van der Waals surface area contributed by atoms with Gasteiger partial charge in [-0.3, -0.25) is 9.89 Å². The number of H-pyrrole nitrogens is 1. The molecule has 2 N–H and O–H groups in total. The Hall–Kier alpha value is -2.42. The van der Waals surface area contributed by atoms with E-state index in [-0.39, 0.29) is 12.5 Å². The van der Waals surface area contributed by atoms with Gasteiger partial charge in [0.1, 0.15) is 11.6 Å². The molecule has 0 saturated heterocycles. The topological polar surface area (TPSA) is 79.9 Å². The third-order valence-corrected chi connectivity index (χ3v) is 4.12. The molecular formula is C17H15IN4O2. The monoisotopic (exact) mass is 434 g/mol. The van der Waals surface area contributed by atoms with Crippen molar-refractivity contribution in [2.45, 2.75) is 6.54 Å². The lowest BCUT2D eigenvalue weighted by Gasteiger charge is -2.03. The smallest absolute Gasteiger partial charge is 0.251 e. The van der Waals surface area contributed by atoms with Gasteiger partial charge < -0.3 is 10.1 Å². The number of nitrogens with one attached hydrogen (secondary N) is 2. The molecule has 1 aromatic heterocycles. The van der Waals surface area contributed by atoms with Gasteiger partial charge in [0.2, 0.25) is 0 Å². The summed E-state index contributed by atoms with van der Waals surface area (Å²) in [5.41, 5.74) is 1.49. The number of halogens is 1. The molecule has 1 heterocycles. The molecule has 122 valence electrons. The van der Waals surface area contributed by atoms with Crippen molar-refractivity contribution in [2.75, 3.05) is 7.11 Å². The molecule has 0 saturated carbocycles. The van der Waals surface area contributed by atoms with Crippen LogP contribution in [0.1, 0.15) is 16.2 Å². The third-order valence-electron chi connectivity index (χ3n) is 3.40. The summed E-state index contributed by atoms with van der Waals surface area (Å²) in [4.78, 5) is 16.5. The number of carbonyl (C=O) groups excluding carboxylic acids is 1. The molecule has 0 aliphatic rings. The van der Waals surface area contributed by atoms with Crippen molar-refractivity contribution in [3.8, 4) is 17.1 Å². The van der Waals surface area contributed by atoms with Crippen molar-refractivity contribution in [3.63, 3.8) is 0 Å². The second kappa shape index (κ2) is 7.43. The van der Waals surface area contributed by atoms with Gasteiger partial charge in [0, 0.05) is 14.7 Å². The standard InChI is InChI=1S/C17H15IN4O2/c1-24-14-8-4-11(5-9-14)16-20-15(21-22-16)10-19-17(23)12-2-6-13(18)7-3-12/h2-9H,10H2,1H3,(H,19,23)(H,20,21,22). The van der Waals surface area contributed by atoms with Crippen LogP contribution in [0.25, 0.3) is 11.4 Å². The number of rotatable bonds is 5. The van der Waals surface area contributed by atoms with Crippen LogP contribution in [-0.2, 0) is 6.54 Å². The SMILES string of the molecule is COc1ccc(-c2n[nH]c(CNC(=O)c3ccc(I)cc3)n2)cc1. The van der Waals surface area contributed by atoms with E-state index in [1.807, 2.05) is 36.4 Å². The van der Waals surface area contributed by atoms with Gasteiger partial charge in [-0.15, -0.1) is 0 Å². The highest BCUT2D eigenvalue weighted by Crippen LogP contribution is 2.18. The Kier molecular flexibility index (Phi) is 5.09. The number of amides is 1. The quantitative estimate of drug-likeness (QED) is 0.606. The van der Waals surface area contributed by atoms with E-state index in [0.29, 0.717) is 17.2 Å². The van der Waals surface area contributed by atoms with Crippen molar-refractivity contribution < 1.29 is 9.53 Å². The Balaban J connectivity index is 1.63. The molecule has 0 aliphatic heterocycles. The molecule has 2 aromatic carbocycles. The number of benzene rings is 2. The van der Waals surface area contributed by atoms with Crippen molar-refractivity contribution in [2.24, 2.45) is 0 Å². The predicted octanol–water partition coefficient (Wildman–Crippen LogP) is 3.01. The van der Waals surface area contributed by atoms with Gasteiger partial charge in [0.25, 0.3) is 5.91 Å². The normalized spacial score (nSPS) is 10.4. The summed E-state index contributed by atoms with van der Waals surface area (Å²) in [7, 11) is 1.62. The van der Waals surface area contributed by atoms with Crippen molar-refractivity contribution in [3.05, 3.63) is 63.5 Å². The maximum absolute atomic E-state index is 12.1. The number of aromatic amines is 1. The van der Waals surface area contributed by atoms with E-state index in [0.717, 1.165) is 14.9 Å². The van der Waals surface area contributed by atoms with Crippen LogP contribution in [0.15, 0.2) is 48.5 Å². The molecule has 0 unspecified atom stereocenters. The van der Waals surface area contributed by atoms with E-state index >= 15 is 0 Å². The lowest BCUT2D eigenvalue weighted by Crippen LogP contribution is -2.23. The van der Waals surface area contributed by atoms with Gasteiger partial charge in [0.05, 0.1) is 13.7 Å². The fourth-order valence-electron chi connectivity index (χ4n) is 2.11. The summed E-state index contributed by atoms with van der Waals surface area (Å²) in [5.74, 6) is 1.81. The Morgan fingerprint density at radius 3 is 2.54 bits per heavy atom. The van der Waals surface area contributed by atoms with Gasteiger partial charge in [-0.25, -0.2) is 4.98 Å². The fourth-order valence-corrected chi connectivity index (χ4v) is 2.47. The number of ether oxygens (including phenoxy) is 1. The number of nitrogens with zero attached hydrogens (tertiary/aromatic N) is 2. The Labute approximate surface area is 152 Å². The second-order valence-electron chi connectivity index (χ2n) is 5.02. The molecule has 0 spiro atoms. The highest BCUT2D eigenvalue weighted by Gasteiger charge is 2.09. The number of methoxy groups -OCH3 is 1. The van der Waals surface area contributed by atoms with E-state index < -0.39 is 0 Å². The van der Waals surface area contributed by atoms with Gasteiger partial charge in [-0.1, -0.05) is 0 Å². The van der Waals surface area contributed by atoms with E-state index in [2.05, 4.69) is 43.1 Å². The van der Waals surface area contributed by atoms with E-state index in [9.17, 15) is 4.79 Å². The predicted molar refractivity (Wildman–Crippen MR) is 98.7 cm³/mol. The van der Waals surface area contributed by atoms with Gasteiger partial charge in [0.15, 0.2) is 5.82 Å². The first-order valence-corrected chi connectivity index (χ1v) is 8.33. The fraction of sp³-hybridized carbons (Fsp3) is 0.118. The van der Waals surface area contributed by atoms with Crippen LogP contribution in [0.4, 0.5) is 0 Å². The highest BCUT2D eigenvalue weighted by atomic mass is 127. The summed E-state index contributed by atoms with van der Waals surface area (Å²) in [6.45, 7) is 0.286. The van der Waals surface area contributed by atoms with Crippen LogP contribution in [0.3, 0.4) is 0 Å². The average molecular weight is 434 g/mol. The molecule has 24 heavy (non-hydrogen) atoms. The zero-order valence-corrected chi connectivity index (χ0v) is 15.1. The molecule has 1 amide bonds. The van der Waals surface area contributed by atoms with E-state index in [1.54, 1.807) is 19.2 Å². The lowest BCUT2D eigenvalue weighted by atomic mass is 10.2. The number of aromatic nitrogens is 3. The molecular weight excluding hydrogens is 419 g/mol. The van der Waals surface area contributed by atoms with Crippen LogP contribution < -0.4 is 10.1 Å². The minimum atomic E-state index is -0.145. The number of hydrogen-bond donors (Lipinski definition) is 2. The Bertz CT molecular complexity index is 829. The summed E-state index contributed by atoms with van der Waals surface area (Å²) < 4.78 is 6.21. The Morgan fingerprint density at radius 2 is 1.88 bits per heavy atom. The highest BCUT2D eigenvalue weighted by molar-refractivity contribution is 14.1. The molecule has 0 fully saturated rings. The van der Waals surface area contributed by atoms with Crippen molar-refractivity contribution in [1.29, 1.82) is 0 Å². The maximum atomic E-state index is 12.1. The zero-order chi connectivity index (χ0) is 16.9. The van der Waals surface area contributed by atoms with Gasteiger partial charge in [-0.2, -0.15) is 5.10 Å². The molecule has 3 rings (SSSR count). The van der Waals surface area contributed by atoms with Crippen molar-refractivity contribution in [1.82, 2.24) is 20.5 Å². The minimum absolute atomic E-state index is 0.145.